The highest BCUT2D eigenvalue weighted by Crippen LogP contribution is 2.32. The van der Waals surface area contributed by atoms with E-state index in [0.29, 0.717) is 11.3 Å². The van der Waals surface area contributed by atoms with Gasteiger partial charge in [0, 0.05) is 15.7 Å². The molecule has 2 N–H and O–H groups in total. The first-order chi connectivity index (χ1) is 6.22. The second-order valence-corrected chi connectivity index (χ2v) is 4.07. The Hall–Kier alpha value is -1.18. The lowest BCUT2D eigenvalue weighted by Crippen LogP contribution is -1.82. The van der Waals surface area contributed by atoms with E-state index in [1.165, 1.54) is 11.3 Å². The molecule has 64 valence electrons. The van der Waals surface area contributed by atoms with Gasteiger partial charge in [-0.05, 0) is 12.1 Å². The number of thiophene rings is 1. The third kappa shape index (κ3) is 1.26. The van der Waals surface area contributed by atoms with E-state index in [4.69, 9.17) is 11.0 Å². The lowest BCUT2D eigenvalue weighted by molar-refractivity contribution is 1.46. The lowest BCUT2D eigenvalue weighted by atomic mass is 10.2. The molecule has 0 unspecified atom stereocenters. The average Bonchev–Trinajstić information content (AvgIpc) is 2.47. The van der Waals surface area contributed by atoms with Crippen LogP contribution in [0.4, 0.5) is 5.69 Å². The summed E-state index contributed by atoms with van der Waals surface area (Å²) in [5.74, 6) is 0. The maximum atomic E-state index is 8.85. The second kappa shape index (κ2) is 2.95. The molecule has 0 aliphatic heterocycles. The maximum Gasteiger partial charge on any atom is 0.101 e. The van der Waals surface area contributed by atoms with Gasteiger partial charge in [-0.15, -0.1) is 24.0 Å². The van der Waals surface area contributed by atoms with E-state index in [1.54, 1.807) is 6.07 Å². The highest BCUT2D eigenvalue weighted by atomic mass is 32.1. The third-order valence-electron chi connectivity index (χ3n) is 1.81. The minimum Gasteiger partial charge on any atom is -0.398 e. The maximum absolute atomic E-state index is 8.85. The molecule has 2 rings (SSSR count). The minimum absolute atomic E-state index is 0.643. The molecule has 4 heteroatoms. The van der Waals surface area contributed by atoms with Gasteiger partial charge in [0.2, 0.25) is 0 Å². The largest absolute Gasteiger partial charge is 0.398 e. The predicted octanol–water partition coefficient (Wildman–Crippen LogP) is 2.64. The molecule has 2 nitrogen and oxygen atoms in total. The number of hydrogen-bond donors (Lipinski definition) is 2. The first-order valence-corrected chi connectivity index (χ1v) is 4.95. The number of anilines is 1. The summed E-state index contributed by atoms with van der Waals surface area (Å²) in [6.45, 7) is 0. The van der Waals surface area contributed by atoms with Crippen molar-refractivity contribution < 1.29 is 0 Å². The van der Waals surface area contributed by atoms with E-state index >= 15 is 0 Å². The summed E-state index contributed by atoms with van der Waals surface area (Å²) in [6.07, 6.45) is 0. The van der Waals surface area contributed by atoms with Gasteiger partial charge in [-0.2, -0.15) is 5.26 Å². The van der Waals surface area contributed by atoms with Crippen LogP contribution in [0.15, 0.2) is 22.4 Å². The number of rotatable bonds is 0. The summed E-state index contributed by atoms with van der Waals surface area (Å²) in [7, 11) is 0. The summed E-state index contributed by atoms with van der Waals surface area (Å²) >= 11 is 5.70. The van der Waals surface area contributed by atoms with Crippen LogP contribution in [0.1, 0.15) is 5.56 Å². The molecule has 0 saturated heterocycles. The Labute approximate surface area is 85.0 Å². The zero-order valence-electron chi connectivity index (χ0n) is 6.61. The van der Waals surface area contributed by atoms with Crippen molar-refractivity contribution in [3.63, 3.8) is 0 Å². The number of nitrogens with two attached hydrogens (primary N) is 1. The first kappa shape index (κ1) is 8.42. The Balaban J connectivity index is 2.94. The fourth-order valence-corrected chi connectivity index (χ4v) is 2.39. The Bertz CT molecular complexity index is 508. The molecule has 0 aliphatic rings. The van der Waals surface area contributed by atoms with Crippen molar-refractivity contribution in [2.45, 2.75) is 4.90 Å². The van der Waals surface area contributed by atoms with Gasteiger partial charge in [-0.1, -0.05) is 0 Å². The number of thiol groups is 1. The van der Waals surface area contributed by atoms with Gasteiger partial charge in [0.25, 0.3) is 0 Å². The van der Waals surface area contributed by atoms with Crippen molar-refractivity contribution in [1.29, 1.82) is 5.26 Å². The van der Waals surface area contributed by atoms with E-state index in [9.17, 15) is 0 Å². The second-order valence-electron chi connectivity index (χ2n) is 2.67. The van der Waals surface area contributed by atoms with Crippen molar-refractivity contribution in [2.75, 3.05) is 5.73 Å². The first-order valence-electron chi connectivity index (χ1n) is 3.62. The molecule has 0 aliphatic carbocycles. The average molecular weight is 206 g/mol. The van der Waals surface area contributed by atoms with Gasteiger partial charge >= 0.3 is 0 Å². The van der Waals surface area contributed by atoms with Crippen LogP contribution in [0.3, 0.4) is 0 Å². The third-order valence-corrected chi connectivity index (χ3v) is 3.11. The van der Waals surface area contributed by atoms with E-state index in [-0.39, 0.29) is 0 Å². The highest BCUT2D eigenvalue weighted by molar-refractivity contribution is 7.80. The van der Waals surface area contributed by atoms with Crippen LogP contribution in [0.25, 0.3) is 10.1 Å². The van der Waals surface area contributed by atoms with Crippen LogP contribution in [-0.4, -0.2) is 0 Å². The predicted molar refractivity (Wildman–Crippen MR) is 58.2 cm³/mol. The molecule has 0 amide bonds. The Morgan fingerprint density at radius 1 is 1.46 bits per heavy atom. The summed E-state index contributed by atoms with van der Waals surface area (Å²) in [4.78, 5) is 0.772. The quantitative estimate of drug-likeness (QED) is 0.651. The van der Waals surface area contributed by atoms with E-state index in [2.05, 4.69) is 18.7 Å². The molecule has 1 heterocycles. The number of fused-ring (bicyclic) bond motifs is 1. The molecule has 2 aromatic rings. The lowest BCUT2D eigenvalue weighted by Gasteiger charge is -1.96. The van der Waals surface area contributed by atoms with E-state index in [1.807, 2.05) is 11.4 Å². The van der Waals surface area contributed by atoms with Crippen molar-refractivity contribution >= 4 is 39.7 Å². The van der Waals surface area contributed by atoms with Gasteiger partial charge in [0.1, 0.15) is 6.07 Å². The van der Waals surface area contributed by atoms with E-state index < -0.39 is 0 Å². The van der Waals surface area contributed by atoms with Gasteiger partial charge in [0.15, 0.2) is 0 Å². The molecule has 0 spiro atoms. The summed E-state index contributed by atoms with van der Waals surface area (Å²) in [5, 5.41) is 11.6. The standard InChI is InChI=1S/C9H6N2S2/c10-3-5-1-6(12)2-7-8(11)4-13-9(5)7/h1-2,4,12H,11H2. The topological polar surface area (TPSA) is 49.8 Å². The molecule has 13 heavy (non-hydrogen) atoms. The molecule has 1 aromatic heterocycles. The molecule has 0 bridgehead atoms. The molecule has 0 radical (unpaired) electrons. The highest BCUT2D eigenvalue weighted by Gasteiger charge is 2.06. The van der Waals surface area contributed by atoms with Crippen LogP contribution in [0.5, 0.6) is 0 Å². The summed E-state index contributed by atoms with van der Waals surface area (Å²) < 4.78 is 0.942. The molecule has 0 fully saturated rings. The van der Waals surface area contributed by atoms with Gasteiger partial charge in [-0.3, -0.25) is 0 Å². The number of nitrogen functional groups attached to an aromatic ring is 1. The van der Waals surface area contributed by atoms with Crippen molar-refractivity contribution in [3.05, 3.63) is 23.1 Å². The normalized spacial score (nSPS) is 10.2. The molecular weight excluding hydrogens is 200 g/mol. The number of benzene rings is 1. The van der Waals surface area contributed by atoms with Crippen LogP contribution in [0.2, 0.25) is 0 Å². The number of nitrogens with zero attached hydrogens (tertiary/aromatic N) is 1. The zero-order valence-corrected chi connectivity index (χ0v) is 8.32. The number of hydrogen-bond acceptors (Lipinski definition) is 4. The monoisotopic (exact) mass is 206 g/mol. The Morgan fingerprint density at radius 3 is 2.92 bits per heavy atom. The van der Waals surface area contributed by atoms with Crippen LogP contribution in [0, 0.1) is 11.3 Å². The molecule has 0 saturated carbocycles. The smallest absolute Gasteiger partial charge is 0.101 e. The van der Waals surface area contributed by atoms with Gasteiger partial charge in [-0.25, -0.2) is 0 Å². The van der Waals surface area contributed by atoms with Gasteiger partial charge < -0.3 is 5.73 Å². The summed E-state index contributed by atoms with van der Waals surface area (Å²) in [6, 6.07) is 5.76. The van der Waals surface area contributed by atoms with Crippen molar-refractivity contribution in [3.8, 4) is 6.07 Å². The SMILES string of the molecule is N#Cc1cc(S)cc2c(N)csc12. The number of nitriles is 1. The van der Waals surface area contributed by atoms with Crippen LogP contribution < -0.4 is 5.73 Å². The van der Waals surface area contributed by atoms with Crippen molar-refractivity contribution in [1.82, 2.24) is 0 Å². The van der Waals surface area contributed by atoms with Crippen LogP contribution in [-0.2, 0) is 0 Å². The summed E-state index contributed by atoms with van der Waals surface area (Å²) in [5.41, 5.74) is 7.09. The fraction of sp³-hybridized carbons (Fsp3) is 0. The Morgan fingerprint density at radius 2 is 2.23 bits per heavy atom. The molecule has 1 aromatic carbocycles. The molecular formula is C9H6N2S2. The van der Waals surface area contributed by atoms with Gasteiger partial charge in [0.05, 0.1) is 16.0 Å². The van der Waals surface area contributed by atoms with Crippen LogP contribution >= 0.6 is 24.0 Å². The zero-order chi connectivity index (χ0) is 9.42. The molecule has 0 atom stereocenters. The Kier molecular flexibility index (Phi) is 1.91. The minimum atomic E-state index is 0.643. The van der Waals surface area contributed by atoms with E-state index in [0.717, 1.165) is 15.0 Å². The fourth-order valence-electron chi connectivity index (χ4n) is 1.22. The van der Waals surface area contributed by atoms with Crippen molar-refractivity contribution in [2.24, 2.45) is 0 Å².